The second-order valence-corrected chi connectivity index (χ2v) is 6.35. The molecule has 0 aliphatic rings. The van der Waals surface area contributed by atoms with Crippen molar-refractivity contribution < 1.29 is 0 Å². The highest BCUT2D eigenvalue weighted by Gasteiger charge is 2.15. The second kappa shape index (κ2) is 5.00. The van der Waals surface area contributed by atoms with Crippen molar-refractivity contribution >= 4 is 49.1 Å². The van der Waals surface area contributed by atoms with E-state index in [0.717, 1.165) is 25.3 Å². The summed E-state index contributed by atoms with van der Waals surface area (Å²) in [5, 5.41) is 0.762. The van der Waals surface area contributed by atoms with E-state index in [1.165, 1.54) is 0 Å². The molecule has 0 aliphatic carbocycles. The third-order valence-corrected chi connectivity index (χ3v) is 4.84. The highest BCUT2D eigenvalue weighted by molar-refractivity contribution is 9.10. The summed E-state index contributed by atoms with van der Waals surface area (Å²) in [7, 11) is 0. The molecule has 0 spiro atoms. The van der Waals surface area contributed by atoms with Crippen LogP contribution in [0.25, 0.3) is 10.2 Å². The lowest BCUT2D eigenvalue weighted by atomic mass is 10.1. The lowest BCUT2D eigenvalue weighted by Crippen LogP contribution is -1.91. The van der Waals surface area contributed by atoms with Crippen LogP contribution in [0, 0.1) is 0 Å². The van der Waals surface area contributed by atoms with Crippen molar-refractivity contribution in [1.82, 2.24) is 4.98 Å². The van der Waals surface area contributed by atoms with Crippen molar-refractivity contribution in [1.29, 1.82) is 0 Å². The van der Waals surface area contributed by atoms with E-state index in [1.54, 1.807) is 11.3 Å². The molecule has 90 valence electrons. The fourth-order valence-electron chi connectivity index (χ4n) is 1.79. The number of fused-ring (bicyclic) bond motifs is 1. The van der Waals surface area contributed by atoms with Crippen molar-refractivity contribution in [2.45, 2.75) is 5.38 Å². The van der Waals surface area contributed by atoms with E-state index in [9.17, 15) is 0 Å². The maximum atomic E-state index is 6.48. The third kappa shape index (κ3) is 2.30. The number of hydrogen-bond acceptors (Lipinski definition) is 2. The maximum absolute atomic E-state index is 6.48. The van der Waals surface area contributed by atoms with Gasteiger partial charge in [0, 0.05) is 4.47 Å². The first-order chi connectivity index (χ1) is 8.74. The average Bonchev–Trinajstić information content (AvgIpc) is 2.81. The predicted molar refractivity (Wildman–Crippen MR) is 81.5 cm³/mol. The molecule has 3 aromatic rings. The molecular weight excluding hydrogens is 330 g/mol. The zero-order chi connectivity index (χ0) is 12.5. The van der Waals surface area contributed by atoms with E-state index in [0.29, 0.717) is 0 Å². The zero-order valence-corrected chi connectivity index (χ0v) is 12.5. The Labute approximate surface area is 123 Å². The van der Waals surface area contributed by atoms with Crippen LogP contribution < -0.4 is 0 Å². The topological polar surface area (TPSA) is 12.9 Å². The van der Waals surface area contributed by atoms with Gasteiger partial charge >= 0.3 is 0 Å². The van der Waals surface area contributed by atoms with Gasteiger partial charge in [0.25, 0.3) is 0 Å². The number of rotatable bonds is 2. The fourth-order valence-corrected chi connectivity index (χ4v) is 3.64. The molecule has 4 heteroatoms. The van der Waals surface area contributed by atoms with E-state index < -0.39 is 0 Å². The van der Waals surface area contributed by atoms with Crippen LogP contribution in [-0.4, -0.2) is 4.98 Å². The SMILES string of the molecule is ClC(c1ccccc1)c1nc2ccc(Br)cc2s1. The van der Waals surface area contributed by atoms with Crippen LogP contribution in [0.4, 0.5) is 0 Å². The summed E-state index contributed by atoms with van der Waals surface area (Å²) in [6.07, 6.45) is 0. The molecule has 3 rings (SSSR count). The average molecular weight is 339 g/mol. The fraction of sp³-hybridized carbons (Fsp3) is 0.0714. The minimum atomic E-state index is -0.178. The van der Waals surface area contributed by atoms with Gasteiger partial charge in [0.2, 0.25) is 0 Å². The summed E-state index contributed by atoms with van der Waals surface area (Å²) in [4.78, 5) is 4.60. The molecule has 1 aromatic heterocycles. The molecule has 0 aliphatic heterocycles. The number of halogens is 2. The van der Waals surface area contributed by atoms with Gasteiger partial charge in [-0.25, -0.2) is 4.98 Å². The summed E-state index contributed by atoms with van der Waals surface area (Å²) in [5.74, 6) is 0. The number of aromatic nitrogens is 1. The van der Waals surface area contributed by atoms with Gasteiger partial charge in [0.05, 0.1) is 10.2 Å². The van der Waals surface area contributed by atoms with E-state index in [1.807, 2.05) is 42.5 Å². The predicted octanol–water partition coefficient (Wildman–Crippen LogP) is 5.39. The number of alkyl halides is 1. The van der Waals surface area contributed by atoms with E-state index >= 15 is 0 Å². The minimum Gasteiger partial charge on any atom is -0.239 e. The van der Waals surface area contributed by atoms with E-state index in [2.05, 4.69) is 27.0 Å². The van der Waals surface area contributed by atoms with Crippen molar-refractivity contribution in [3.8, 4) is 0 Å². The number of hydrogen-bond donors (Lipinski definition) is 0. The monoisotopic (exact) mass is 337 g/mol. The van der Waals surface area contributed by atoms with Crippen molar-refractivity contribution in [2.75, 3.05) is 0 Å². The molecule has 1 heterocycles. The normalized spacial score (nSPS) is 12.8. The van der Waals surface area contributed by atoms with Gasteiger partial charge < -0.3 is 0 Å². The van der Waals surface area contributed by atoms with Crippen molar-refractivity contribution in [3.63, 3.8) is 0 Å². The summed E-state index contributed by atoms with van der Waals surface area (Å²) >= 11 is 11.6. The van der Waals surface area contributed by atoms with Gasteiger partial charge in [-0.15, -0.1) is 22.9 Å². The van der Waals surface area contributed by atoms with Gasteiger partial charge in [-0.05, 0) is 23.8 Å². The Bertz CT molecular complexity index is 681. The maximum Gasteiger partial charge on any atom is 0.116 e. The van der Waals surface area contributed by atoms with Crippen LogP contribution in [0.5, 0.6) is 0 Å². The smallest absolute Gasteiger partial charge is 0.116 e. The van der Waals surface area contributed by atoms with Gasteiger partial charge in [-0.1, -0.05) is 46.3 Å². The van der Waals surface area contributed by atoms with E-state index in [-0.39, 0.29) is 5.38 Å². The quantitative estimate of drug-likeness (QED) is 0.571. The molecule has 1 atom stereocenters. The third-order valence-electron chi connectivity index (χ3n) is 2.68. The number of nitrogens with zero attached hydrogens (tertiary/aromatic N) is 1. The Morgan fingerprint density at radius 3 is 2.67 bits per heavy atom. The summed E-state index contributed by atoms with van der Waals surface area (Å²) in [6, 6.07) is 16.1. The van der Waals surface area contributed by atoms with Crippen LogP contribution >= 0.6 is 38.9 Å². The molecule has 0 radical (unpaired) electrons. The van der Waals surface area contributed by atoms with Gasteiger partial charge in [-0.3, -0.25) is 0 Å². The molecule has 2 aromatic carbocycles. The molecule has 0 amide bonds. The van der Waals surface area contributed by atoms with Crippen molar-refractivity contribution in [3.05, 3.63) is 63.6 Å². The van der Waals surface area contributed by atoms with Gasteiger partial charge in [0.15, 0.2) is 0 Å². The van der Waals surface area contributed by atoms with Crippen LogP contribution in [-0.2, 0) is 0 Å². The Morgan fingerprint density at radius 2 is 1.89 bits per heavy atom. The largest absolute Gasteiger partial charge is 0.239 e. The van der Waals surface area contributed by atoms with Crippen molar-refractivity contribution in [2.24, 2.45) is 0 Å². The number of benzene rings is 2. The Kier molecular flexibility index (Phi) is 3.37. The first-order valence-corrected chi connectivity index (χ1v) is 7.53. The van der Waals surface area contributed by atoms with Crippen LogP contribution in [0.2, 0.25) is 0 Å². The standard InChI is InChI=1S/C14H9BrClNS/c15-10-6-7-11-12(8-10)18-14(17-11)13(16)9-4-2-1-3-5-9/h1-8,13H. The molecule has 0 fully saturated rings. The summed E-state index contributed by atoms with van der Waals surface area (Å²) < 4.78 is 2.22. The van der Waals surface area contributed by atoms with E-state index in [4.69, 9.17) is 11.6 Å². The molecule has 18 heavy (non-hydrogen) atoms. The van der Waals surface area contributed by atoms with Gasteiger partial charge in [-0.2, -0.15) is 0 Å². The molecule has 0 bridgehead atoms. The molecule has 1 unspecified atom stereocenters. The summed E-state index contributed by atoms with van der Waals surface area (Å²) in [5.41, 5.74) is 2.08. The minimum absolute atomic E-state index is 0.178. The molecule has 1 nitrogen and oxygen atoms in total. The molecule has 0 saturated carbocycles. The first-order valence-electron chi connectivity index (χ1n) is 5.49. The summed E-state index contributed by atoms with van der Waals surface area (Å²) in [6.45, 7) is 0. The zero-order valence-electron chi connectivity index (χ0n) is 9.31. The molecule has 0 saturated heterocycles. The van der Waals surface area contributed by atoms with Crippen LogP contribution in [0.1, 0.15) is 15.9 Å². The highest BCUT2D eigenvalue weighted by Crippen LogP contribution is 2.35. The first kappa shape index (κ1) is 12.2. The molecular formula is C14H9BrClNS. The lowest BCUT2D eigenvalue weighted by Gasteiger charge is -2.05. The second-order valence-electron chi connectivity index (χ2n) is 3.94. The lowest BCUT2D eigenvalue weighted by molar-refractivity contribution is 1.11. The highest BCUT2D eigenvalue weighted by atomic mass is 79.9. The van der Waals surface area contributed by atoms with Crippen LogP contribution in [0.3, 0.4) is 0 Å². The van der Waals surface area contributed by atoms with Crippen LogP contribution in [0.15, 0.2) is 53.0 Å². The Hall–Kier alpha value is -0.900. The number of thiazole rings is 1. The Balaban J connectivity index is 2.04. The van der Waals surface area contributed by atoms with Gasteiger partial charge in [0.1, 0.15) is 10.4 Å². The Morgan fingerprint density at radius 1 is 1.11 bits per heavy atom. The molecule has 0 N–H and O–H groups in total.